The second-order valence-corrected chi connectivity index (χ2v) is 11.1. The van der Waals surface area contributed by atoms with Gasteiger partial charge in [-0.05, 0) is 41.5 Å². The lowest BCUT2D eigenvalue weighted by molar-refractivity contribution is -0.152. The van der Waals surface area contributed by atoms with Gasteiger partial charge in [-0.1, -0.05) is 24.3 Å². The molecule has 2 aliphatic rings. The lowest BCUT2D eigenvalue weighted by Crippen LogP contribution is -2.49. The summed E-state index contributed by atoms with van der Waals surface area (Å²) in [5, 5.41) is 14.6. The number of amides is 3. The minimum Gasteiger partial charge on any atom is -0.384 e. The monoisotopic (exact) mass is 615 g/mol. The van der Waals surface area contributed by atoms with Crippen molar-refractivity contribution in [2.24, 2.45) is 5.73 Å². The number of hydrogen-bond donors (Lipinski definition) is 4. The molecular weight excluding hydrogens is 587 g/mol. The van der Waals surface area contributed by atoms with E-state index >= 15 is 0 Å². The van der Waals surface area contributed by atoms with Crippen molar-refractivity contribution >= 4 is 34.9 Å². The van der Waals surface area contributed by atoms with Crippen molar-refractivity contribution in [3.8, 4) is 11.1 Å². The third-order valence-corrected chi connectivity index (χ3v) is 8.16. The number of nitrogens with one attached hydrogen (secondary N) is 3. The van der Waals surface area contributed by atoms with E-state index < -0.39 is 41.3 Å². The Morgan fingerprint density at radius 3 is 2.21 bits per heavy atom. The summed E-state index contributed by atoms with van der Waals surface area (Å²) in [4.78, 5) is 41.3. The number of nitrogen functional groups attached to an aromatic ring is 1. The molecule has 226 valence electrons. The highest BCUT2D eigenvalue weighted by molar-refractivity contribution is 7.10. The number of hydrogen-bond acceptors (Lipinski definition) is 7. The van der Waals surface area contributed by atoms with E-state index in [4.69, 9.17) is 20.6 Å². The summed E-state index contributed by atoms with van der Waals surface area (Å²) in [6.07, 6.45) is -4.30. The number of carbonyl (C=O) groups excluding carboxylic acids is 3. The largest absolute Gasteiger partial charge is 0.416 e. The Labute approximate surface area is 248 Å². The number of nitrogens with two attached hydrogens (primary N) is 1. The summed E-state index contributed by atoms with van der Waals surface area (Å²) in [5.41, 5.74) is 6.73. The van der Waals surface area contributed by atoms with Crippen molar-refractivity contribution in [2.45, 2.75) is 31.0 Å². The van der Waals surface area contributed by atoms with E-state index in [1.54, 1.807) is 23.6 Å². The molecule has 1 atom stereocenters. The van der Waals surface area contributed by atoms with Crippen molar-refractivity contribution in [2.75, 3.05) is 26.3 Å². The Morgan fingerprint density at radius 2 is 1.63 bits per heavy atom. The summed E-state index contributed by atoms with van der Waals surface area (Å²) in [6, 6.07) is 11.7. The standard InChI is InChI=1S/C29H28F3N5O5S/c30-29(31,32)21-7-5-18(6-8-21)17-1-3-19(4-2-17)26(39)36-14-24(38)37-16-28(41-9-10-42-28)12-23(37)27(40)35-13-22-11-20(15-43-22)25(33)34/h1-8,11,15,23H,9-10,12-14,16H2,(H3,33,34)(H,35,40)(H,36,39)/t23-/m0/s1. The van der Waals surface area contributed by atoms with Gasteiger partial charge in [0.2, 0.25) is 11.8 Å². The maximum atomic E-state index is 13.2. The lowest BCUT2D eigenvalue weighted by atomic mass is 10.0. The molecule has 3 heterocycles. The first kappa shape index (κ1) is 30.2. The number of rotatable bonds is 8. The number of likely N-dealkylation sites (tertiary alicyclic amines) is 1. The van der Waals surface area contributed by atoms with Crippen LogP contribution >= 0.6 is 11.3 Å². The van der Waals surface area contributed by atoms with Crippen LogP contribution < -0.4 is 16.4 Å². The van der Waals surface area contributed by atoms with E-state index in [-0.39, 0.29) is 37.5 Å². The molecule has 5 N–H and O–H groups in total. The molecule has 10 nitrogen and oxygen atoms in total. The van der Waals surface area contributed by atoms with Crippen LogP contribution in [0.3, 0.4) is 0 Å². The molecular formula is C29H28F3N5O5S. The Kier molecular flexibility index (Phi) is 8.53. The van der Waals surface area contributed by atoms with E-state index in [1.807, 2.05) is 0 Å². The van der Waals surface area contributed by atoms with Gasteiger partial charge < -0.3 is 30.7 Å². The van der Waals surface area contributed by atoms with Crippen LogP contribution in [0.1, 0.15) is 32.8 Å². The van der Waals surface area contributed by atoms with Crippen LogP contribution in [-0.4, -0.2) is 66.6 Å². The first-order chi connectivity index (χ1) is 20.4. The number of ether oxygens (including phenoxy) is 2. The second-order valence-electron chi connectivity index (χ2n) is 10.1. The van der Waals surface area contributed by atoms with Crippen molar-refractivity contribution in [3.63, 3.8) is 0 Å². The highest BCUT2D eigenvalue weighted by Crippen LogP contribution is 2.35. The average molecular weight is 616 g/mol. The normalized spacial score (nSPS) is 17.7. The number of carbonyl (C=O) groups is 3. The molecule has 2 saturated heterocycles. The molecule has 43 heavy (non-hydrogen) atoms. The molecule has 14 heteroatoms. The van der Waals surface area contributed by atoms with Gasteiger partial charge in [0.15, 0.2) is 5.79 Å². The summed E-state index contributed by atoms with van der Waals surface area (Å²) in [7, 11) is 0. The highest BCUT2D eigenvalue weighted by atomic mass is 32.1. The number of alkyl halides is 3. The zero-order valence-corrected chi connectivity index (χ0v) is 23.5. The van der Waals surface area contributed by atoms with Gasteiger partial charge in [0, 0.05) is 27.8 Å². The number of thiophene rings is 1. The molecule has 0 saturated carbocycles. The molecule has 0 radical (unpaired) electrons. The fourth-order valence-corrected chi connectivity index (χ4v) is 5.80. The SMILES string of the molecule is N=C(N)c1csc(CNC(=O)[C@@H]2CC3(CN2C(=O)CNC(=O)c2ccc(-c4ccc(C(F)(F)F)cc4)cc2)OCCO3)c1. The molecule has 2 fully saturated rings. The van der Waals surface area contributed by atoms with Crippen LogP contribution in [0.25, 0.3) is 11.1 Å². The highest BCUT2D eigenvalue weighted by Gasteiger charge is 2.52. The topological polar surface area (TPSA) is 147 Å². The quantitative estimate of drug-likeness (QED) is 0.226. The minimum absolute atomic E-state index is 0.0229. The van der Waals surface area contributed by atoms with Crippen LogP contribution in [0.4, 0.5) is 13.2 Å². The molecule has 3 amide bonds. The molecule has 3 aromatic rings. The average Bonchev–Trinajstić information content (AvgIpc) is 3.75. The van der Waals surface area contributed by atoms with E-state index in [0.29, 0.717) is 29.9 Å². The maximum Gasteiger partial charge on any atom is 0.416 e. The first-order valence-electron chi connectivity index (χ1n) is 13.3. The summed E-state index contributed by atoms with van der Waals surface area (Å²) < 4.78 is 50.0. The van der Waals surface area contributed by atoms with Gasteiger partial charge in [-0.15, -0.1) is 11.3 Å². The molecule has 2 aliphatic heterocycles. The third-order valence-electron chi connectivity index (χ3n) is 7.22. The Bertz CT molecular complexity index is 1520. The number of nitrogens with zero attached hydrogens (tertiary/aromatic N) is 1. The number of halogens is 3. The van der Waals surface area contributed by atoms with Crippen LogP contribution in [0.2, 0.25) is 0 Å². The zero-order valence-electron chi connectivity index (χ0n) is 22.7. The number of benzene rings is 2. The lowest BCUT2D eigenvalue weighted by Gasteiger charge is -2.24. The van der Waals surface area contributed by atoms with Crippen molar-refractivity contribution < 1.29 is 37.0 Å². The molecule has 5 rings (SSSR count). The Hall–Kier alpha value is -4.27. The fraction of sp³-hybridized carbons (Fsp3) is 0.310. The van der Waals surface area contributed by atoms with Gasteiger partial charge in [0.25, 0.3) is 5.91 Å². The van der Waals surface area contributed by atoms with Gasteiger partial charge in [-0.2, -0.15) is 13.2 Å². The summed E-state index contributed by atoms with van der Waals surface area (Å²) >= 11 is 1.34. The predicted octanol–water partition coefficient (Wildman–Crippen LogP) is 3.11. The van der Waals surface area contributed by atoms with Gasteiger partial charge in [0.1, 0.15) is 11.9 Å². The second kappa shape index (κ2) is 12.1. The first-order valence-corrected chi connectivity index (χ1v) is 14.1. The van der Waals surface area contributed by atoms with Crippen LogP contribution in [0, 0.1) is 5.41 Å². The van der Waals surface area contributed by atoms with Gasteiger partial charge in [-0.25, -0.2) is 0 Å². The fourth-order valence-electron chi connectivity index (χ4n) is 4.97. The molecule has 0 unspecified atom stereocenters. The van der Waals surface area contributed by atoms with Crippen molar-refractivity contribution in [3.05, 3.63) is 81.5 Å². The Balaban J connectivity index is 1.19. The smallest absolute Gasteiger partial charge is 0.384 e. The molecule has 0 bridgehead atoms. The van der Waals surface area contributed by atoms with Crippen molar-refractivity contribution in [1.29, 1.82) is 5.41 Å². The number of amidine groups is 1. The van der Waals surface area contributed by atoms with Crippen LogP contribution in [0.5, 0.6) is 0 Å². The summed E-state index contributed by atoms with van der Waals surface area (Å²) in [5.74, 6) is -2.61. The van der Waals surface area contributed by atoms with Crippen LogP contribution in [0.15, 0.2) is 60.0 Å². The van der Waals surface area contributed by atoms with Gasteiger partial charge >= 0.3 is 6.18 Å². The molecule has 1 aromatic heterocycles. The predicted molar refractivity (Wildman–Crippen MR) is 151 cm³/mol. The molecule has 1 spiro atoms. The maximum absolute atomic E-state index is 13.2. The van der Waals surface area contributed by atoms with Crippen LogP contribution in [-0.2, 0) is 31.8 Å². The van der Waals surface area contributed by atoms with E-state index in [2.05, 4.69) is 10.6 Å². The van der Waals surface area contributed by atoms with Crippen molar-refractivity contribution in [1.82, 2.24) is 15.5 Å². The van der Waals surface area contributed by atoms with E-state index in [9.17, 15) is 27.6 Å². The molecule has 0 aliphatic carbocycles. The van der Waals surface area contributed by atoms with Gasteiger partial charge in [-0.3, -0.25) is 19.8 Å². The summed E-state index contributed by atoms with van der Waals surface area (Å²) in [6.45, 7) is 0.488. The van der Waals surface area contributed by atoms with Gasteiger partial charge in [0.05, 0.1) is 38.4 Å². The minimum atomic E-state index is -4.43. The Morgan fingerprint density at radius 1 is 1.00 bits per heavy atom. The third kappa shape index (κ3) is 6.87. The zero-order chi connectivity index (χ0) is 30.8. The van der Waals surface area contributed by atoms with E-state index in [0.717, 1.165) is 17.0 Å². The molecule has 2 aromatic carbocycles. The van der Waals surface area contributed by atoms with E-state index in [1.165, 1.54) is 40.5 Å².